The molecule has 0 aromatic carbocycles. The predicted molar refractivity (Wildman–Crippen MR) is 51.5 cm³/mol. The molecule has 0 saturated carbocycles. The normalized spacial score (nSPS) is 12.2. The quantitative estimate of drug-likeness (QED) is 0.355. The second-order valence-electron chi connectivity index (χ2n) is 2.65. The molecule has 6 heteroatoms. The van der Waals surface area contributed by atoms with Crippen LogP contribution in [0.3, 0.4) is 0 Å². The van der Waals surface area contributed by atoms with Crippen molar-refractivity contribution in [3.05, 3.63) is 12.3 Å². The van der Waals surface area contributed by atoms with E-state index in [9.17, 15) is 14.7 Å². The molecule has 0 saturated heterocycles. The molecule has 0 radical (unpaired) electrons. The van der Waals surface area contributed by atoms with E-state index in [-0.39, 0.29) is 12.8 Å². The first kappa shape index (κ1) is 13.4. The van der Waals surface area contributed by atoms with Gasteiger partial charge in [0.2, 0.25) is 0 Å². The first-order valence-corrected chi connectivity index (χ1v) is 4.35. The van der Waals surface area contributed by atoms with Crippen LogP contribution < -0.4 is 5.32 Å². The van der Waals surface area contributed by atoms with Gasteiger partial charge in [0.15, 0.2) is 0 Å². The van der Waals surface area contributed by atoms with Crippen molar-refractivity contribution >= 4 is 11.9 Å². The second-order valence-corrected chi connectivity index (χ2v) is 2.65. The smallest absolute Gasteiger partial charge is 0.331 e. The van der Waals surface area contributed by atoms with Crippen molar-refractivity contribution in [2.75, 3.05) is 14.2 Å². The van der Waals surface area contributed by atoms with Crippen molar-refractivity contribution in [2.24, 2.45) is 0 Å². The van der Waals surface area contributed by atoms with E-state index in [4.69, 9.17) is 0 Å². The summed E-state index contributed by atoms with van der Waals surface area (Å²) in [6, 6.07) is 0. The molecule has 0 fully saturated rings. The number of esters is 2. The maximum Gasteiger partial charge on any atom is 0.331 e. The van der Waals surface area contributed by atoms with Gasteiger partial charge in [-0.2, -0.15) is 0 Å². The second kappa shape index (κ2) is 7.81. The topological polar surface area (TPSA) is 84.9 Å². The van der Waals surface area contributed by atoms with Gasteiger partial charge in [0, 0.05) is 25.1 Å². The molecule has 1 atom stereocenters. The molecule has 0 amide bonds. The van der Waals surface area contributed by atoms with E-state index >= 15 is 0 Å². The summed E-state index contributed by atoms with van der Waals surface area (Å²) in [5.74, 6) is -0.921. The number of rotatable bonds is 6. The van der Waals surface area contributed by atoms with Crippen LogP contribution >= 0.6 is 0 Å². The minimum absolute atomic E-state index is 0.108. The highest BCUT2D eigenvalue weighted by atomic mass is 16.5. The van der Waals surface area contributed by atoms with E-state index < -0.39 is 18.2 Å². The molecular weight excluding hydrogens is 202 g/mol. The van der Waals surface area contributed by atoms with Gasteiger partial charge in [-0.05, 0) is 0 Å². The van der Waals surface area contributed by atoms with E-state index in [1.165, 1.54) is 20.4 Å². The van der Waals surface area contributed by atoms with Gasteiger partial charge in [0.1, 0.15) is 6.23 Å². The fourth-order valence-corrected chi connectivity index (χ4v) is 0.735. The Hall–Kier alpha value is -1.56. The highest BCUT2D eigenvalue weighted by molar-refractivity contribution is 5.81. The summed E-state index contributed by atoms with van der Waals surface area (Å²) in [5.41, 5.74) is 0. The minimum atomic E-state index is -0.898. The van der Waals surface area contributed by atoms with Crippen molar-refractivity contribution in [1.82, 2.24) is 5.32 Å². The van der Waals surface area contributed by atoms with Crippen LogP contribution in [0.5, 0.6) is 0 Å². The fourth-order valence-electron chi connectivity index (χ4n) is 0.735. The number of hydrogen-bond donors (Lipinski definition) is 2. The van der Waals surface area contributed by atoms with Crippen LogP contribution in [0, 0.1) is 0 Å². The molecule has 2 N–H and O–H groups in total. The summed E-state index contributed by atoms with van der Waals surface area (Å²) in [7, 11) is 2.53. The zero-order valence-corrected chi connectivity index (χ0v) is 8.73. The summed E-state index contributed by atoms with van der Waals surface area (Å²) in [6.07, 6.45) is 1.80. The number of methoxy groups -OCH3 is 2. The zero-order valence-electron chi connectivity index (χ0n) is 8.73. The lowest BCUT2D eigenvalue weighted by molar-refractivity contribution is -0.141. The summed E-state index contributed by atoms with van der Waals surface area (Å²) >= 11 is 0. The fraction of sp³-hybridized carbons (Fsp3) is 0.556. The SMILES string of the molecule is COC(=O)/C=C/NC(O)CCC(=O)OC. The number of carbonyl (C=O) groups is 2. The maximum absolute atomic E-state index is 10.7. The molecule has 0 rings (SSSR count). The van der Waals surface area contributed by atoms with Gasteiger partial charge in [-0.3, -0.25) is 4.79 Å². The van der Waals surface area contributed by atoms with Crippen LogP contribution in [-0.2, 0) is 19.1 Å². The Morgan fingerprint density at radius 2 is 2.07 bits per heavy atom. The van der Waals surface area contributed by atoms with Crippen LogP contribution in [0.15, 0.2) is 12.3 Å². The number of hydrogen-bond acceptors (Lipinski definition) is 6. The minimum Gasteiger partial charge on any atom is -0.469 e. The Labute approximate surface area is 87.9 Å². The number of aliphatic hydroxyl groups excluding tert-OH is 1. The van der Waals surface area contributed by atoms with Gasteiger partial charge < -0.3 is 19.9 Å². The number of aliphatic hydroxyl groups is 1. The Kier molecular flexibility index (Phi) is 7.00. The van der Waals surface area contributed by atoms with Gasteiger partial charge in [0.25, 0.3) is 0 Å². The van der Waals surface area contributed by atoms with Gasteiger partial charge in [-0.25, -0.2) is 4.79 Å². The van der Waals surface area contributed by atoms with Gasteiger partial charge in [-0.1, -0.05) is 0 Å². The van der Waals surface area contributed by atoms with Gasteiger partial charge in [0.05, 0.1) is 14.2 Å². The van der Waals surface area contributed by atoms with E-state index in [2.05, 4.69) is 14.8 Å². The lowest BCUT2D eigenvalue weighted by atomic mass is 10.3. The third kappa shape index (κ3) is 7.51. The molecule has 1 unspecified atom stereocenters. The standard InChI is InChI=1S/C9H15NO5/c1-14-8(12)4-3-7(11)10-6-5-9(13)15-2/h5-7,10-11H,3-4H2,1-2H3/b6-5+. The van der Waals surface area contributed by atoms with E-state index in [1.54, 1.807) is 0 Å². The molecule has 0 spiro atoms. The third-order valence-corrected chi connectivity index (χ3v) is 1.56. The molecule has 0 aliphatic heterocycles. The molecule has 0 bridgehead atoms. The van der Waals surface area contributed by atoms with Crippen molar-refractivity contribution in [3.8, 4) is 0 Å². The van der Waals surface area contributed by atoms with Crippen molar-refractivity contribution in [1.29, 1.82) is 0 Å². The summed E-state index contributed by atoms with van der Waals surface area (Å²) in [4.78, 5) is 21.3. The lowest BCUT2D eigenvalue weighted by Gasteiger charge is -2.08. The number of carbonyl (C=O) groups excluding carboxylic acids is 2. The Balaban J connectivity index is 3.65. The van der Waals surface area contributed by atoms with Crippen LogP contribution in [0.2, 0.25) is 0 Å². The van der Waals surface area contributed by atoms with E-state index in [1.807, 2.05) is 0 Å². The van der Waals surface area contributed by atoms with Gasteiger partial charge in [-0.15, -0.1) is 0 Å². The van der Waals surface area contributed by atoms with E-state index in [0.717, 1.165) is 6.08 Å². The molecule has 15 heavy (non-hydrogen) atoms. The van der Waals surface area contributed by atoms with Crippen LogP contribution in [0.25, 0.3) is 0 Å². The van der Waals surface area contributed by atoms with Crippen LogP contribution in [0.4, 0.5) is 0 Å². The summed E-state index contributed by atoms with van der Waals surface area (Å²) < 4.78 is 8.72. The molecule has 0 aromatic heterocycles. The van der Waals surface area contributed by atoms with Crippen molar-refractivity contribution < 1.29 is 24.2 Å². The number of ether oxygens (including phenoxy) is 2. The molecule has 6 nitrogen and oxygen atoms in total. The first-order valence-electron chi connectivity index (χ1n) is 4.35. The predicted octanol–water partition coefficient (Wildman–Crippen LogP) is -0.466. The van der Waals surface area contributed by atoms with Gasteiger partial charge >= 0.3 is 11.9 Å². The highest BCUT2D eigenvalue weighted by Gasteiger charge is 2.05. The zero-order chi connectivity index (χ0) is 11.7. The third-order valence-electron chi connectivity index (χ3n) is 1.56. The Bertz CT molecular complexity index is 239. The molecular formula is C9H15NO5. The molecule has 0 aromatic rings. The Morgan fingerprint density at radius 1 is 1.40 bits per heavy atom. The van der Waals surface area contributed by atoms with Crippen molar-refractivity contribution in [3.63, 3.8) is 0 Å². The lowest BCUT2D eigenvalue weighted by Crippen LogP contribution is -2.24. The van der Waals surface area contributed by atoms with Crippen LogP contribution in [0.1, 0.15) is 12.8 Å². The monoisotopic (exact) mass is 217 g/mol. The Morgan fingerprint density at radius 3 is 2.60 bits per heavy atom. The maximum atomic E-state index is 10.7. The van der Waals surface area contributed by atoms with Crippen LogP contribution in [-0.4, -0.2) is 37.5 Å². The average Bonchev–Trinajstić information content (AvgIpc) is 2.25. The average molecular weight is 217 g/mol. The largest absolute Gasteiger partial charge is 0.469 e. The number of nitrogens with one attached hydrogen (secondary N) is 1. The van der Waals surface area contributed by atoms with Crippen molar-refractivity contribution in [2.45, 2.75) is 19.1 Å². The molecule has 0 heterocycles. The molecule has 0 aliphatic rings. The molecule has 86 valence electrons. The first-order chi connectivity index (χ1) is 7.10. The molecule has 0 aliphatic carbocycles. The summed E-state index contributed by atoms with van der Waals surface area (Å²) in [5, 5.41) is 11.8. The van der Waals surface area contributed by atoms with E-state index in [0.29, 0.717) is 0 Å². The highest BCUT2D eigenvalue weighted by Crippen LogP contribution is 1.95. The summed E-state index contributed by atoms with van der Waals surface area (Å²) in [6.45, 7) is 0.